The quantitative estimate of drug-likeness (QED) is 0.258. The summed E-state index contributed by atoms with van der Waals surface area (Å²) in [5, 5.41) is 6.99. The summed E-state index contributed by atoms with van der Waals surface area (Å²) >= 11 is 0. The van der Waals surface area contributed by atoms with Crippen LogP contribution in [-0.4, -0.2) is 34.9 Å². The van der Waals surface area contributed by atoms with Gasteiger partial charge >= 0.3 is 0 Å². The maximum absolute atomic E-state index is 13.5. The number of aromatic nitrogens is 3. The molecule has 0 spiro atoms. The summed E-state index contributed by atoms with van der Waals surface area (Å²) in [6, 6.07) is 12.6. The molecule has 4 aromatic rings. The van der Waals surface area contributed by atoms with Crippen LogP contribution in [0.3, 0.4) is 0 Å². The van der Waals surface area contributed by atoms with E-state index < -0.39 is 17.2 Å². The number of rotatable bonds is 8. The van der Waals surface area contributed by atoms with Crippen molar-refractivity contribution in [3.8, 4) is 28.5 Å². The molecule has 2 aliphatic rings. The number of halogens is 1. The average Bonchev–Trinajstić information content (AvgIpc) is 3.76. The van der Waals surface area contributed by atoms with Crippen molar-refractivity contribution in [1.82, 2.24) is 14.8 Å². The predicted octanol–water partition coefficient (Wildman–Crippen LogP) is 6.22. The van der Waals surface area contributed by atoms with Gasteiger partial charge in [0, 0.05) is 29.4 Å². The van der Waals surface area contributed by atoms with Gasteiger partial charge in [0.1, 0.15) is 11.6 Å². The molecular formula is C34H31FN4O5. The first-order valence-corrected chi connectivity index (χ1v) is 14.2. The van der Waals surface area contributed by atoms with E-state index in [1.165, 1.54) is 40.7 Å². The molecule has 2 aromatic carbocycles. The largest absolute Gasteiger partial charge is 0.493 e. The van der Waals surface area contributed by atoms with Gasteiger partial charge in [0.2, 0.25) is 11.3 Å². The summed E-state index contributed by atoms with van der Waals surface area (Å²) in [6.07, 6.45) is 8.97. The molecule has 1 saturated carbocycles. The number of allylic oxidation sites excluding steroid dienone is 3. The molecule has 6 rings (SSSR count). The molecule has 1 fully saturated rings. The summed E-state index contributed by atoms with van der Waals surface area (Å²) in [7, 11) is 3.21. The average molecular weight is 595 g/mol. The van der Waals surface area contributed by atoms with Crippen molar-refractivity contribution in [1.29, 1.82) is 0 Å². The highest BCUT2D eigenvalue weighted by Gasteiger charge is 2.32. The molecule has 0 saturated heterocycles. The number of fused-ring (bicyclic) bond motifs is 2. The minimum absolute atomic E-state index is 0.130. The Morgan fingerprint density at radius 3 is 2.43 bits per heavy atom. The van der Waals surface area contributed by atoms with Crippen molar-refractivity contribution in [3.05, 3.63) is 112 Å². The fraction of sp³-hybridized carbons (Fsp3) is 0.235. The first-order valence-electron chi connectivity index (χ1n) is 14.2. The van der Waals surface area contributed by atoms with Gasteiger partial charge in [0.25, 0.3) is 5.91 Å². The van der Waals surface area contributed by atoms with E-state index in [4.69, 9.17) is 14.2 Å². The molecule has 1 amide bonds. The Balaban J connectivity index is 1.25. The maximum Gasteiger partial charge on any atom is 0.280 e. The van der Waals surface area contributed by atoms with Crippen LogP contribution >= 0.6 is 0 Å². The van der Waals surface area contributed by atoms with Crippen LogP contribution in [0.1, 0.15) is 47.9 Å². The van der Waals surface area contributed by atoms with E-state index in [0.29, 0.717) is 40.3 Å². The van der Waals surface area contributed by atoms with Crippen LogP contribution in [-0.2, 0) is 6.42 Å². The Bertz CT molecular complexity index is 1860. The van der Waals surface area contributed by atoms with Crippen LogP contribution in [0.4, 0.5) is 10.1 Å². The number of amides is 1. The van der Waals surface area contributed by atoms with E-state index in [1.807, 2.05) is 32.1 Å². The summed E-state index contributed by atoms with van der Waals surface area (Å²) in [6.45, 7) is 3.76. The van der Waals surface area contributed by atoms with E-state index in [-0.39, 0.29) is 17.3 Å². The Kier molecular flexibility index (Phi) is 7.73. The molecule has 0 radical (unpaired) electrons. The summed E-state index contributed by atoms with van der Waals surface area (Å²) in [5.74, 6) is 1.59. The maximum atomic E-state index is 13.5. The number of pyridine rings is 1. The smallest absolute Gasteiger partial charge is 0.280 e. The number of nitrogens with one attached hydrogen (secondary N) is 1. The molecule has 1 N–H and O–H groups in total. The SMILES string of the molecule is COc1cc2c(cc1OC)/C(Oc1ccc(NC(=O)c3nn(C(C)C)cc(-c4ccc(F)cc4)c3=O)cn1)=C\C=C1\CC1C2. The molecule has 0 aliphatic heterocycles. The molecule has 1 atom stereocenters. The molecule has 2 aliphatic carbocycles. The van der Waals surface area contributed by atoms with Crippen LogP contribution in [0, 0.1) is 11.7 Å². The normalized spacial score (nSPS) is 17.5. The number of hydrogen-bond donors (Lipinski definition) is 1. The second-order valence-corrected chi connectivity index (χ2v) is 11.0. The van der Waals surface area contributed by atoms with E-state index >= 15 is 0 Å². The van der Waals surface area contributed by atoms with Crippen LogP contribution in [0.15, 0.2) is 83.4 Å². The summed E-state index contributed by atoms with van der Waals surface area (Å²) < 4.78 is 32.4. The highest BCUT2D eigenvalue weighted by molar-refractivity contribution is 6.03. The van der Waals surface area contributed by atoms with Crippen LogP contribution in [0.25, 0.3) is 16.9 Å². The zero-order valence-electron chi connectivity index (χ0n) is 24.8. The van der Waals surface area contributed by atoms with Gasteiger partial charge < -0.3 is 19.5 Å². The molecule has 2 heterocycles. The van der Waals surface area contributed by atoms with Gasteiger partial charge in [-0.3, -0.25) is 14.3 Å². The van der Waals surface area contributed by atoms with E-state index in [2.05, 4.69) is 21.5 Å². The lowest BCUT2D eigenvalue weighted by molar-refractivity contribution is 0.101. The van der Waals surface area contributed by atoms with Crippen molar-refractivity contribution < 1.29 is 23.4 Å². The molecule has 224 valence electrons. The molecule has 1 unspecified atom stereocenters. The lowest BCUT2D eigenvalue weighted by Gasteiger charge is -2.18. The molecular weight excluding hydrogens is 563 g/mol. The van der Waals surface area contributed by atoms with E-state index in [1.54, 1.807) is 32.5 Å². The van der Waals surface area contributed by atoms with Crippen LogP contribution in [0.5, 0.6) is 17.4 Å². The molecule has 0 bridgehead atoms. The first kappa shape index (κ1) is 28.9. The molecule has 9 nitrogen and oxygen atoms in total. The highest BCUT2D eigenvalue weighted by atomic mass is 19.1. The van der Waals surface area contributed by atoms with Crippen molar-refractivity contribution in [2.24, 2.45) is 5.92 Å². The van der Waals surface area contributed by atoms with Gasteiger partial charge in [0.05, 0.1) is 26.1 Å². The number of carbonyl (C=O) groups is 1. The Hall–Kier alpha value is -5.25. The Morgan fingerprint density at radius 1 is 1.00 bits per heavy atom. The highest BCUT2D eigenvalue weighted by Crippen LogP contribution is 2.45. The lowest BCUT2D eigenvalue weighted by Crippen LogP contribution is -2.28. The topological polar surface area (TPSA) is 105 Å². The fourth-order valence-corrected chi connectivity index (χ4v) is 5.15. The van der Waals surface area contributed by atoms with Crippen molar-refractivity contribution in [2.45, 2.75) is 32.7 Å². The molecule has 10 heteroatoms. The zero-order chi connectivity index (χ0) is 31.0. The van der Waals surface area contributed by atoms with Gasteiger partial charge in [0.15, 0.2) is 17.2 Å². The van der Waals surface area contributed by atoms with E-state index in [0.717, 1.165) is 24.0 Å². The molecule has 44 heavy (non-hydrogen) atoms. The van der Waals surface area contributed by atoms with Crippen molar-refractivity contribution in [2.75, 3.05) is 19.5 Å². The van der Waals surface area contributed by atoms with E-state index in [9.17, 15) is 14.0 Å². The predicted molar refractivity (Wildman–Crippen MR) is 165 cm³/mol. The number of hydrogen-bond acceptors (Lipinski definition) is 7. The van der Waals surface area contributed by atoms with Crippen LogP contribution in [0.2, 0.25) is 0 Å². The monoisotopic (exact) mass is 594 g/mol. The zero-order valence-corrected chi connectivity index (χ0v) is 24.8. The first-order chi connectivity index (χ1) is 21.2. The number of nitrogens with zero attached hydrogens (tertiary/aromatic N) is 3. The minimum atomic E-state index is -0.688. The lowest BCUT2D eigenvalue weighted by atomic mass is 9.97. The second-order valence-electron chi connectivity index (χ2n) is 11.0. The summed E-state index contributed by atoms with van der Waals surface area (Å²) in [4.78, 5) is 31.0. The third-order valence-electron chi connectivity index (χ3n) is 7.68. The Labute approximate surface area is 253 Å². The second kappa shape index (κ2) is 11.8. The Morgan fingerprint density at radius 2 is 1.75 bits per heavy atom. The summed E-state index contributed by atoms with van der Waals surface area (Å²) in [5.41, 5.74) is 3.58. The standard InChI is InChI=1S/C34H31FN4O5/c1-19(2)39-18-27(20-5-8-24(35)9-6-20)33(40)32(38-39)34(41)37-25-10-12-31(36-17-25)44-28-11-7-21-13-22(21)14-23-15-29(42-3)30(43-4)16-26(23)28/h5-12,15-19,22H,13-14H2,1-4H3,(H,37,41)/b21-7-,28-11+. The number of carbonyl (C=O) groups excluding carboxylic acids is 1. The van der Waals surface area contributed by atoms with Gasteiger partial charge in [-0.2, -0.15) is 5.10 Å². The van der Waals surface area contributed by atoms with Crippen molar-refractivity contribution in [3.63, 3.8) is 0 Å². The number of anilines is 1. The number of benzene rings is 2. The van der Waals surface area contributed by atoms with Crippen molar-refractivity contribution >= 4 is 17.4 Å². The van der Waals surface area contributed by atoms with Gasteiger partial charge in [-0.05, 0) is 80.1 Å². The third kappa shape index (κ3) is 5.83. The van der Waals surface area contributed by atoms with Gasteiger partial charge in [-0.15, -0.1) is 0 Å². The number of ether oxygens (including phenoxy) is 3. The van der Waals surface area contributed by atoms with Crippen LogP contribution < -0.4 is 25.0 Å². The third-order valence-corrected chi connectivity index (χ3v) is 7.68. The van der Waals surface area contributed by atoms with Gasteiger partial charge in [-0.25, -0.2) is 9.37 Å². The van der Waals surface area contributed by atoms with Gasteiger partial charge in [-0.1, -0.05) is 23.8 Å². The minimum Gasteiger partial charge on any atom is -0.493 e. The fourth-order valence-electron chi connectivity index (χ4n) is 5.15. The molecule has 2 aromatic heterocycles. The number of methoxy groups -OCH3 is 2.